The first-order valence-corrected chi connectivity index (χ1v) is 6.35. The highest BCUT2D eigenvalue weighted by Gasteiger charge is 2.27. The molecule has 0 saturated heterocycles. The number of aryl methyl sites for hydroxylation is 2. The van der Waals surface area contributed by atoms with Crippen molar-refractivity contribution >= 4 is 5.97 Å². The molecule has 1 unspecified atom stereocenters. The predicted octanol–water partition coefficient (Wildman–Crippen LogP) is 2.35. The monoisotopic (exact) mass is 265 g/mol. The third-order valence-electron chi connectivity index (χ3n) is 3.09. The average Bonchev–Trinajstić information content (AvgIpc) is 2.31. The average molecular weight is 265 g/mol. The van der Waals surface area contributed by atoms with Gasteiger partial charge in [0.05, 0.1) is 7.11 Å². The molecule has 4 nitrogen and oxygen atoms in total. The first kappa shape index (κ1) is 15.5. The molecule has 0 aliphatic carbocycles. The summed E-state index contributed by atoms with van der Waals surface area (Å²) >= 11 is 0. The Morgan fingerprint density at radius 3 is 2.47 bits per heavy atom. The lowest BCUT2D eigenvalue weighted by Crippen LogP contribution is -2.41. The second kappa shape index (κ2) is 6.06. The lowest BCUT2D eigenvalue weighted by molar-refractivity contribution is -0.143. The summed E-state index contributed by atoms with van der Waals surface area (Å²) in [5, 5.41) is 0. The summed E-state index contributed by atoms with van der Waals surface area (Å²) in [6.07, 6.45) is 0.395. The van der Waals surface area contributed by atoms with E-state index < -0.39 is 17.6 Å². The van der Waals surface area contributed by atoms with Crippen LogP contribution in [0, 0.1) is 13.8 Å². The molecule has 0 saturated carbocycles. The molecule has 0 aromatic heterocycles. The Balaban J connectivity index is 2.73. The standard InChI is InChI=1S/C15H23NO3/c1-10-6-7-12(8-11(10)2)19-15(3,4)9-13(16)14(17)18-5/h6-8,13H,9,16H2,1-5H3. The normalized spacial score (nSPS) is 12.9. The molecule has 1 atom stereocenters. The summed E-state index contributed by atoms with van der Waals surface area (Å²) in [5.41, 5.74) is 7.63. The van der Waals surface area contributed by atoms with E-state index in [1.165, 1.54) is 18.2 Å². The van der Waals surface area contributed by atoms with Crippen molar-refractivity contribution in [2.75, 3.05) is 7.11 Å². The maximum Gasteiger partial charge on any atom is 0.322 e. The van der Waals surface area contributed by atoms with E-state index in [1.807, 2.05) is 39.0 Å². The third-order valence-corrected chi connectivity index (χ3v) is 3.09. The van der Waals surface area contributed by atoms with E-state index in [4.69, 9.17) is 10.5 Å². The molecule has 0 aliphatic rings. The molecule has 1 aromatic rings. The smallest absolute Gasteiger partial charge is 0.322 e. The van der Waals surface area contributed by atoms with Crippen LogP contribution in [0.2, 0.25) is 0 Å². The highest BCUT2D eigenvalue weighted by Crippen LogP contribution is 2.24. The van der Waals surface area contributed by atoms with E-state index in [9.17, 15) is 4.79 Å². The van der Waals surface area contributed by atoms with Gasteiger partial charge in [-0.15, -0.1) is 0 Å². The zero-order valence-electron chi connectivity index (χ0n) is 12.3. The van der Waals surface area contributed by atoms with Gasteiger partial charge < -0.3 is 15.2 Å². The van der Waals surface area contributed by atoms with Crippen LogP contribution in [0.5, 0.6) is 5.75 Å². The molecular weight excluding hydrogens is 242 g/mol. The topological polar surface area (TPSA) is 61.5 Å². The van der Waals surface area contributed by atoms with Crippen LogP contribution in [0.1, 0.15) is 31.4 Å². The van der Waals surface area contributed by atoms with Gasteiger partial charge in [-0.25, -0.2) is 0 Å². The van der Waals surface area contributed by atoms with Crippen molar-refractivity contribution in [3.05, 3.63) is 29.3 Å². The van der Waals surface area contributed by atoms with E-state index in [0.717, 1.165) is 5.75 Å². The maximum absolute atomic E-state index is 11.3. The van der Waals surface area contributed by atoms with Crippen molar-refractivity contribution in [2.24, 2.45) is 5.73 Å². The number of rotatable bonds is 5. The van der Waals surface area contributed by atoms with Crippen LogP contribution in [0.3, 0.4) is 0 Å². The van der Waals surface area contributed by atoms with Crippen LogP contribution >= 0.6 is 0 Å². The molecule has 4 heteroatoms. The molecular formula is C15H23NO3. The van der Waals surface area contributed by atoms with Gasteiger partial charge in [-0.3, -0.25) is 4.79 Å². The summed E-state index contributed by atoms with van der Waals surface area (Å²) in [6.45, 7) is 7.91. The maximum atomic E-state index is 11.3. The molecule has 2 N–H and O–H groups in total. The number of methoxy groups -OCH3 is 1. The highest BCUT2D eigenvalue weighted by molar-refractivity contribution is 5.75. The van der Waals surface area contributed by atoms with Crippen molar-refractivity contribution in [3.63, 3.8) is 0 Å². The fourth-order valence-corrected chi connectivity index (χ4v) is 1.90. The van der Waals surface area contributed by atoms with Crippen LogP contribution in [0.15, 0.2) is 18.2 Å². The number of esters is 1. The molecule has 0 spiro atoms. The van der Waals surface area contributed by atoms with Gasteiger partial charge in [-0.05, 0) is 51.0 Å². The largest absolute Gasteiger partial charge is 0.488 e. The molecule has 19 heavy (non-hydrogen) atoms. The Labute approximate surface area is 114 Å². The minimum atomic E-state index is -0.674. The molecule has 0 fully saturated rings. The molecule has 1 rings (SSSR count). The van der Waals surface area contributed by atoms with Crippen LogP contribution in [-0.2, 0) is 9.53 Å². The Morgan fingerprint density at radius 2 is 1.95 bits per heavy atom. The summed E-state index contributed by atoms with van der Waals surface area (Å²) < 4.78 is 10.5. The first-order chi connectivity index (χ1) is 8.75. The summed E-state index contributed by atoms with van der Waals surface area (Å²) in [7, 11) is 1.33. The Hall–Kier alpha value is -1.55. The van der Waals surface area contributed by atoms with Crippen LogP contribution in [-0.4, -0.2) is 24.7 Å². The Bertz CT molecular complexity index is 455. The van der Waals surface area contributed by atoms with Crippen LogP contribution < -0.4 is 10.5 Å². The van der Waals surface area contributed by atoms with E-state index in [-0.39, 0.29) is 0 Å². The number of benzene rings is 1. The van der Waals surface area contributed by atoms with Crippen molar-refractivity contribution in [1.82, 2.24) is 0 Å². The van der Waals surface area contributed by atoms with Gasteiger partial charge in [-0.2, -0.15) is 0 Å². The van der Waals surface area contributed by atoms with E-state index in [0.29, 0.717) is 6.42 Å². The van der Waals surface area contributed by atoms with E-state index >= 15 is 0 Å². The van der Waals surface area contributed by atoms with Crippen LogP contribution in [0.25, 0.3) is 0 Å². The molecule has 0 amide bonds. The second-order valence-corrected chi connectivity index (χ2v) is 5.44. The van der Waals surface area contributed by atoms with Crippen molar-refractivity contribution in [2.45, 2.75) is 45.8 Å². The number of hydrogen-bond acceptors (Lipinski definition) is 4. The summed E-state index contributed by atoms with van der Waals surface area (Å²) in [5.74, 6) is 0.363. The lowest BCUT2D eigenvalue weighted by Gasteiger charge is -2.28. The minimum Gasteiger partial charge on any atom is -0.488 e. The molecule has 0 bridgehead atoms. The van der Waals surface area contributed by atoms with Gasteiger partial charge in [0.25, 0.3) is 0 Å². The Morgan fingerprint density at radius 1 is 1.32 bits per heavy atom. The molecule has 0 radical (unpaired) electrons. The molecule has 0 heterocycles. The summed E-state index contributed by atoms with van der Waals surface area (Å²) in [6, 6.07) is 5.25. The van der Waals surface area contributed by atoms with Crippen LogP contribution in [0.4, 0.5) is 0 Å². The summed E-state index contributed by atoms with van der Waals surface area (Å²) in [4.78, 5) is 11.3. The van der Waals surface area contributed by atoms with Gasteiger partial charge in [-0.1, -0.05) is 6.07 Å². The molecule has 1 aromatic carbocycles. The first-order valence-electron chi connectivity index (χ1n) is 6.35. The van der Waals surface area contributed by atoms with Gasteiger partial charge in [0.1, 0.15) is 17.4 Å². The fraction of sp³-hybridized carbons (Fsp3) is 0.533. The van der Waals surface area contributed by atoms with Gasteiger partial charge >= 0.3 is 5.97 Å². The van der Waals surface area contributed by atoms with Crippen molar-refractivity contribution in [1.29, 1.82) is 0 Å². The molecule has 0 aliphatic heterocycles. The number of carbonyl (C=O) groups excluding carboxylic acids is 1. The predicted molar refractivity (Wildman–Crippen MR) is 75.2 cm³/mol. The highest BCUT2D eigenvalue weighted by atomic mass is 16.5. The second-order valence-electron chi connectivity index (χ2n) is 5.44. The number of hydrogen-bond donors (Lipinski definition) is 1. The molecule has 106 valence electrons. The quantitative estimate of drug-likeness (QED) is 0.830. The van der Waals surface area contributed by atoms with Gasteiger partial charge in [0.15, 0.2) is 0 Å². The van der Waals surface area contributed by atoms with E-state index in [2.05, 4.69) is 11.7 Å². The van der Waals surface area contributed by atoms with Crippen molar-refractivity contribution < 1.29 is 14.3 Å². The SMILES string of the molecule is COC(=O)C(N)CC(C)(C)Oc1ccc(C)c(C)c1. The number of carbonyl (C=O) groups is 1. The van der Waals surface area contributed by atoms with E-state index in [1.54, 1.807) is 0 Å². The fourth-order valence-electron chi connectivity index (χ4n) is 1.90. The number of ether oxygens (including phenoxy) is 2. The zero-order valence-corrected chi connectivity index (χ0v) is 12.3. The van der Waals surface area contributed by atoms with Crippen molar-refractivity contribution in [3.8, 4) is 5.75 Å². The zero-order chi connectivity index (χ0) is 14.6. The minimum absolute atomic E-state index is 0.395. The Kier molecular flexibility index (Phi) is 4.95. The van der Waals surface area contributed by atoms with Gasteiger partial charge in [0, 0.05) is 6.42 Å². The lowest BCUT2D eigenvalue weighted by atomic mass is 9.99. The number of nitrogens with two attached hydrogens (primary N) is 1. The third kappa shape index (κ3) is 4.56. The van der Waals surface area contributed by atoms with Gasteiger partial charge in [0.2, 0.25) is 0 Å².